The van der Waals surface area contributed by atoms with Gasteiger partial charge >= 0.3 is 0 Å². The maximum atomic E-state index is 5.71. The highest BCUT2D eigenvalue weighted by Gasteiger charge is 2.34. The summed E-state index contributed by atoms with van der Waals surface area (Å²) < 4.78 is 0. The summed E-state index contributed by atoms with van der Waals surface area (Å²) in [4.78, 5) is 5.22. The molecule has 3 atom stereocenters. The molecule has 2 heterocycles. The Morgan fingerprint density at radius 3 is 2.88 bits per heavy atom. The van der Waals surface area contributed by atoms with Crippen molar-refractivity contribution in [2.75, 3.05) is 39.8 Å². The highest BCUT2D eigenvalue weighted by atomic mass is 15.2. The summed E-state index contributed by atoms with van der Waals surface area (Å²) in [5.41, 5.74) is 5.71. The van der Waals surface area contributed by atoms with Gasteiger partial charge in [-0.1, -0.05) is 6.92 Å². The number of likely N-dealkylation sites (tertiary alicyclic amines) is 2. The number of fused-ring (bicyclic) bond motifs is 1. The van der Waals surface area contributed by atoms with E-state index >= 15 is 0 Å². The van der Waals surface area contributed by atoms with Crippen LogP contribution in [0.2, 0.25) is 0 Å². The lowest BCUT2D eigenvalue weighted by molar-refractivity contribution is 0.0338. The zero-order valence-corrected chi connectivity index (χ0v) is 10.9. The minimum absolute atomic E-state index is 0.651. The minimum atomic E-state index is 0.651. The molecule has 2 aliphatic rings. The van der Waals surface area contributed by atoms with Crippen molar-refractivity contribution >= 4 is 0 Å². The summed E-state index contributed by atoms with van der Waals surface area (Å²) in [6.45, 7) is 8.17. The first-order valence-electron chi connectivity index (χ1n) is 6.83. The largest absolute Gasteiger partial charge is 0.330 e. The van der Waals surface area contributed by atoms with Crippen molar-refractivity contribution < 1.29 is 0 Å². The molecule has 94 valence electrons. The van der Waals surface area contributed by atoms with Gasteiger partial charge in [0.15, 0.2) is 0 Å². The van der Waals surface area contributed by atoms with Crippen LogP contribution in [0.1, 0.15) is 26.2 Å². The van der Waals surface area contributed by atoms with Gasteiger partial charge in [0.1, 0.15) is 0 Å². The Morgan fingerprint density at radius 1 is 1.31 bits per heavy atom. The van der Waals surface area contributed by atoms with Crippen molar-refractivity contribution in [1.29, 1.82) is 0 Å². The average Bonchev–Trinajstić information content (AvgIpc) is 2.29. The lowest BCUT2D eigenvalue weighted by Gasteiger charge is -2.46. The molecule has 2 N–H and O–H groups in total. The summed E-state index contributed by atoms with van der Waals surface area (Å²) >= 11 is 0. The fraction of sp³-hybridized carbons (Fsp3) is 1.00. The molecular weight excluding hydrogens is 198 g/mol. The fourth-order valence-corrected chi connectivity index (χ4v) is 3.41. The first-order valence-corrected chi connectivity index (χ1v) is 6.83. The second-order valence-corrected chi connectivity index (χ2v) is 5.84. The monoisotopic (exact) mass is 225 g/mol. The van der Waals surface area contributed by atoms with Gasteiger partial charge in [-0.3, -0.25) is 0 Å². The van der Waals surface area contributed by atoms with Crippen LogP contribution in [0.25, 0.3) is 0 Å². The van der Waals surface area contributed by atoms with Gasteiger partial charge in [-0.15, -0.1) is 0 Å². The minimum Gasteiger partial charge on any atom is -0.330 e. The van der Waals surface area contributed by atoms with Crippen molar-refractivity contribution in [3.05, 3.63) is 0 Å². The first-order chi connectivity index (χ1) is 7.70. The van der Waals surface area contributed by atoms with Gasteiger partial charge in [0.05, 0.1) is 0 Å². The molecule has 0 radical (unpaired) electrons. The number of hydrogen-bond acceptors (Lipinski definition) is 3. The molecular formula is C13H27N3. The van der Waals surface area contributed by atoms with Crippen LogP contribution in [0.15, 0.2) is 0 Å². The average molecular weight is 225 g/mol. The second-order valence-electron chi connectivity index (χ2n) is 5.84. The smallest absolute Gasteiger partial charge is 0.0145 e. The van der Waals surface area contributed by atoms with Crippen molar-refractivity contribution in [2.45, 2.75) is 32.2 Å². The van der Waals surface area contributed by atoms with E-state index in [1.54, 1.807) is 0 Å². The topological polar surface area (TPSA) is 32.5 Å². The van der Waals surface area contributed by atoms with E-state index < -0.39 is 0 Å². The first kappa shape index (κ1) is 12.3. The molecule has 0 aromatic rings. The van der Waals surface area contributed by atoms with Crippen molar-refractivity contribution in [1.82, 2.24) is 9.80 Å². The summed E-state index contributed by atoms with van der Waals surface area (Å²) in [6.07, 6.45) is 4.18. The molecule has 0 bridgehead atoms. The van der Waals surface area contributed by atoms with E-state index in [0.717, 1.165) is 18.5 Å². The highest BCUT2D eigenvalue weighted by Crippen LogP contribution is 2.29. The Labute approximate surface area is 100.0 Å². The Morgan fingerprint density at radius 2 is 2.12 bits per heavy atom. The molecule has 3 unspecified atom stereocenters. The van der Waals surface area contributed by atoms with Crippen LogP contribution in [0.3, 0.4) is 0 Å². The van der Waals surface area contributed by atoms with Crippen LogP contribution in [-0.4, -0.2) is 55.6 Å². The van der Waals surface area contributed by atoms with Gasteiger partial charge < -0.3 is 15.5 Å². The lowest BCUT2D eigenvalue weighted by Crippen LogP contribution is -2.53. The Hall–Kier alpha value is -0.120. The molecule has 2 aliphatic heterocycles. The molecule has 2 fully saturated rings. The molecule has 2 rings (SSSR count). The van der Waals surface area contributed by atoms with Crippen LogP contribution in [0.5, 0.6) is 0 Å². The third-order valence-corrected chi connectivity index (χ3v) is 4.40. The third kappa shape index (κ3) is 2.76. The fourth-order valence-electron chi connectivity index (χ4n) is 3.41. The molecule has 0 aromatic carbocycles. The number of hydrogen-bond donors (Lipinski definition) is 1. The van der Waals surface area contributed by atoms with E-state index in [0.29, 0.717) is 5.92 Å². The molecule has 3 heteroatoms. The number of rotatable bonds is 3. The van der Waals surface area contributed by atoms with Crippen LogP contribution < -0.4 is 5.73 Å². The summed E-state index contributed by atoms with van der Waals surface area (Å²) in [5, 5.41) is 0. The Bertz CT molecular complexity index is 219. The highest BCUT2D eigenvalue weighted by molar-refractivity contribution is 4.89. The SMILES string of the molecule is CC(CN)CN1CCC2C(CCCN2C)C1. The third-order valence-electron chi connectivity index (χ3n) is 4.40. The van der Waals surface area contributed by atoms with Crippen molar-refractivity contribution in [3.8, 4) is 0 Å². The van der Waals surface area contributed by atoms with Crippen molar-refractivity contribution in [3.63, 3.8) is 0 Å². The molecule has 16 heavy (non-hydrogen) atoms. The molecule has 0 aliphatic carbocycles. The quantitative estimate of drug-likeness (QED) is 0.778. The van der Waals surface area contributed by atoms with Crippen LogP contribution in [0, 0.1) is 11.8 Å². The van der Waals surface area contributed by atoms with E-state index in [9.17, 15) is 0 Å². The second kappa shape index (κ2) is 5.48. The molecule has 0 saturated carbocycles. The Kier molecular flexibility index (Phi) is 4.22. The van der Waals surface area contributed by atoms with Crippen LogP contribution in [-0.2, 0) is 0 Å². The van der Waals surface area contributed by atoms with Gasteiger partial charge in [-0.05, 0) is 57.8 Å². The molecule has 0 spiro atoms. The van der Waals surface area contributed by atoms with Gasteiger partial charge in [0.2, 0.25) is 0 Å². The lowest BCUT2D eigenvalue weighted by atomic mass is 9.84. The van der Waals surface area contributed by atoms with E-state index in [1.807, 2.05) is 0 Å². The van der Waals surface area contributed by atoms with E-state index in [4.69, 9.17) is 5.73 Å². The van der Waals surface area contributed by atoms with Crippen LogP contribution >= 0.6 is 0 Å². The number of nitrogens with zero attached hydrogens (tertiary/aromatic N) is 2. The zero-order chi connectivity index (χ0) is 11.5. The molecule has 3 nitrogen and oxygen atoms in total. The van der Waals surface area contributed by atoms with E-state index in [1.165, 1.54) is 45.4 Å². The number of nitrogens with two attached hydrogens (primary N) is 1. The van der Waals surface area contributed by atoms with Crippen LogP contribution in [0.4, 0.5) is 0 Å². The molecule has 0 aromatic heterocycles. The van der Waals surface area contributed by atoms with E-state index in [-0.39, 0.29) is 0 Å². The predicted molar refractivity (Wildman–Crippen MR) is 68.4 cm³/mol. The van der Waals surface area contributed by atoms with E-state index in [2.05, 4.69) is 23.8 Å². The maximum absolute atomic E-state index is 5.71. The van der Waals surface area contributed by atoms with Gasteiger partial charge in [-0.2, -0.15) is 0 Å². The Balaban J connectivity index is 1.85. The zero-order valence-electron chi connectivity index (χ0n) is 10.9. The van der Waals surface area contributed by atoms with Crippen molar-refractivity contribution in [2.24, 2.45) is 17.6 Å². The summed E-state index contributed by atoms with van der Waals surface area (Å²) in [6, 6.07) is 0.859. The van der Waals surface area contributed by atoms with Gasteiger partial charge in [-0.25, -0.2) is 0 Å². The number of piperidine rings is 2. The standard InChI is InChI=1S/C13H27N3/c1-11(8-14)9-16-7-5-13-12(10-16)4-3-6-15(13)2/h11-13H,3-10,14H2,1-2H3. The molecule has 2 saturated heterocycles. The summed E-state index contributed by atoms with van der Waals surface area (Å²) in [5.74, 6) is 1.57. The van der Waals surface area contributed by atoms with Gasteiger partial charge in [0.25, 0.3) is 0 Å². The normalized spacial score (nSPS) is 34.7. The maximum Gasteiger partial charge on any atom is 0.0145 e. The predicted octanol–water partition coefficient (Wildman–Crippen LogP) is 0.997. The van der Waals surface area contributed by atoms with Gasteiger partial charge in [0, 0.05) is 19.1 Å². The summed E-state index contributed by atoms with van der Waals surface area (Å²) in [7, 11) is 2.30. The molecule has 0 amide bonds.